The lowest BCUT2D eigenvalue weighted by molar-refractivity contribution is 0.200. The third-order valence-electron chi connectivity index (χ3n) is 2.42. The van der Waals surface area contributed by atoms with Gasteiger partial charge in [0.05, 0.1) is 4.90 Å². The van der Waals surface area contributed by atoms with Crippen LogP contribution in [-0.4, -0.2) is 14.0 Å². The lowest BCUT2D eigenvalue weighted by Gasteiger charge is -2.12. The summed E-state index contributed by atoms with van der Waals surface area (Å²) in [5.74, 6) is 0.680. The fraction of sp³-hybridized carbons (Fsp3) is 0.400. The summed E-state index contributed by atoms with van der Waals surface area (Å²) in [4.78, 5) is 0.0949. The van der Waals surface area contributed by atoms with E-state index >= 15 is 0 Å². The molecule has 1 aliphatic rings. The Hall–Kier alpha value is -0.740. The highest BCUT2D eigenvalue weighted by Crippen LogP contribution is 2.39. The first-order valence-electron chi connectivity index (χ1n) is 4.63. The van der Waals surface area contributed by atoms with Crippen LogP contribution in [0.5, 0.6) is 5.75 Å². The van der Waals surface area contributed by atoms with E-state index in [1.807, 2.05) is 6.92 Å². The monoisotopic (exact) mass is 246 g/mol. The molecule has 3 nitrogen and oxygen atoms in total. The zero-order valence-corrected chi connectivity index (χ0v) is 9.81. The van der Waals surface area contributed by atoms with Crippen LogP contribution in [-0.2, 0) is 9.05 Å². The highest BCUT2D eigenvalue weighted by atomic mass is 35.7. The van der Waals surface area contributed by atoms with Gasteiger partial charge in [0.25, 0.3) is 9.05 Å². The summed E-state index contributed by atoms with van der Waals surface area (Å²) < 4.78 is 27.6. The Balaban J connectivity index is 2.17. The van der Waals surface area contributed by atoms with E-state index < -0.39 is 9.05 Å². The largest absolute Gasteiger partial charge is 0.488 e. The van der Waals surface area contributed by atoms with Gasteiger partial charge in [0, 0.05) is 10.7 Å². The molecule has 0 amide bonds. The first-order valence-corrected chi connectivity index (χ1v) is 6.94. The highest BCUT2D eigenvalue weighted by molar-refractivity contribution is 8.13. The van der Waals surface area contributed by atoms with Crippen LogP contribution in [0.15, 0.2) is 29.2 Å². The van der Waals surface area contributed by atoms with Gasteiger partial charge in [-0.05, 0) is 44.0 Å². The molecule has 0 radical (unpaired) electrons. The Morgan fingerprint density at radius 1 is 1.27 bits per heavy atom. The van der Waals surface area contributed by atoms with Crippen molar-refractivity contribution < 1.29 is 13.2 Å². The maximum absolute atomic E-state index is 11.0. The lowest BCUT2D eigenvalue weighted by atomic mass is 10.3. The molecule has 0 aromatic heterocycles. The van der Waals surface area contributed by atoms with Crippen molar-refractivity contribution in [1.29, 1.82) is 0 Å². The molecule has 0 saturated heterocycles. The van der Waals surface area contributed by atoms with Crippen LogP contribution in [0.1, 0.15) is 19.8 Å². The normalized spacial score (nSPS) is 18.5. The Labute approximate surface area is 93.4 Å². The van der Waals surface area contributed by atoms with E-state index in [-0.39, 0.29) is 10.5 Å². The van der Waals surface area contributed by atoms with E-state index in [1.54, 1.807) is 12.1 Å². The van der Waals surface area contributed by atoms with Gasteiger partial charge in [0.2, 0.25) is 0 Å². The minimum absolute atomic E-state index is 0.0542. The Morgan fingerprint density at radius 3 is 2.20 bits per heavy atom. The van der Waals surface area contributed by atoms with E-state index in [0.717, 1.165) is 12.8 Å². The molecule has 0 unspecified atom stereocenters. The number of hydrogen-bond donors (Lipinski definition) is 0. The topological polar surface area (TPSA) is 43.4 Å². The van der Waals surface area contributed by atoms with Crippen LogP contribution >= 0.6 is 10.7 Å². The molecular formula is C10H11ClO3S. The van der Waals surface area contributed by atoms with E-state index in [0.29, 0.717) is 5.75 Å². The average molecular weight is 247 g/mol. The van der Waals surface area contributed by atoms with E-state index in [4.69, 9.17) is 15.4 Å². The van der Waals surface area contributed by atoms with Crippen LogP contribution in [0.3, 0.4) is 0 Å². The third-order valence-corrected chi connectivity index (χ3v) is 3.79. The van der Waals surface area contributed by atoms with Crippen molar-refractivity contribution in [1.82, 2.24) is 0 Å². The summed E-state index contributed by atoms with van der Waals surface area (Å²) in [5.41, 5.74) is -0.0542. The van der Waals surface area contributed by atoms with Crippen molar-refractivity contribution in [3.63, 3.8) is 0 Å². The minimum Gasteiger partial charge on any atom is -0.488 e. The van der Waals surface area contributed by atoms with Gasteiger partial charge >= 0.3 is 0 Å². The quantitative estimate of drug-likeness (QED) is 0.770. The molecule has 15 heavy (non-hydrogen) atoms. The van der Waals surface area contributed by atoms with Gasteiger partial charge in [0.1, 0.15) is 11.4 Å². The maximum Gasteiger partial charge on any atom is 0.261 e. The Bertz CT molecular complexity index is 460. The van der Waals surface area contributed by atoms with Crippen LogP contribution in [0.2, 0.25) is 0 Å². The second-order valence-corrected chi connectivity index (χ2v) is 6.53. The van der Waals surface area contributed by atoms with E-state index in [2.05, 4.69) is 0 Å². The van der Waals surface area contributed by atoms with Gasteiger partial charge in [-0.25, -0.2) is 8.42 Å². The number of rotatable bonds is 3. The maximum atomic E-state index is 11.0. The number of halogens is 1. The molecule has 0 bridgehead atoms. The molecule has 1 aromatic rings. The second kappa shape index (κ2) is 3.39. The lowest BCUT2D eigenvalue weighted by Crippen LogP contribution is -2.11. The molecular weight excluding hydrogens is 236 g/mol. The molecule has 1 aromatic carbocycles. The van der Waals surface area contributed by atoms with Gasteiger partial charge in [0.15, 0.2) is 0 Å². The molecule has 0 atom stereocenters. The second-order valence-electron chi connectivity index (χ2n) is 3.96. The summed E-state index contributed by atoms with van der Waals surface area (Å²) in [7, 11) is 1.56. The molecule has 82 valence electrons. The predicted molar refractivity (Wildman–Crippen MR) is 57.7 cm³/mol. The first kappa shape index (κ1) is 10.8. The minimum atomic E-state index is -3.63. The van der Waals surface area contributed by atoms with Gasteiger partial charge in [-0.1, -0.05) is 0 Å². The predicted octanol–water partition coefficient (Wildman–Crippen LogP) is 2.55. The molecule has 1 aliphatic carbocycles. The molecule has 1 saturated carbocycles. The smallest absolute Gasteiger partial charge is 0.261 e. The Kier molecular flexibility index (Phi) is 2.43. The van der Waals surface area contributed by atoms with Gasteiger partial charge in [-0.3, -0.25) is 0 Å². The van der Waals surface area contributed by atoms with Crippen LogP contribution < -0.4 is 4.74 Å². The Morgan fingerprint density at radius 2 is 1.80 bits per heavy atom. The van der Waals surface area contributed by atoms with Crippen molar-refractivity contribution >= 4 is 19.7 Å². The van der Waals surface area contributed by atoms with E-state index in [9.17, 15) is 8.42 Å². The van der Waals surface area contributed by atoms with Crippen molar-refractivity contribution in [2.45, 2.75) is 30.3 Å². The van der Waals surface area contributed by atoms with Crippen molar-refractivity contribution in [2.24, 2.45) is 0 Å². The van der Waals surface area contributed by atoms with Gasteiger partial charge in [-0.15, -0.1) is 0 Å². The molecule has 0 aliphatic heterocycles. The molecule has 5 heteroatoms. The SMILES string of the molecule is CC1(Oc2ccc(S(=O)(=O)Cl)cc2)CC1. The summed E-state index contributed by atoms with van der Waals surface area (Å²) in [5, 5.41) is 0. The molecule has 0 heterocycles. The van der Waals surface area contributed by atoms with Crippen LogP contribution in [0.25, 0.3) is 0 Å². The molecule has 2 rings (SSSR count). The fourth-order valence-corrected chi connectivity index (χ4v) is 2.00. The van der Waals surface area contributed by atoms with E-state index in [1.165, 1.54) is 12.1 Å². The van der Waals surface area contributed by atoms with Gasteiger partial charge < -0.3 is 4.74 Å². The van der Waals surface area contributed by atoms with Gasteiger partial charge in [-0.2, -0.15) is 0 Å². The summed E-state index contributed by atoms with van der Waals surface area (Å²) in [6, 6.07) is 6.14. The third kappa shape index (κ3) is 2.63. The average Bonchev–Trinajstić information content (AvgIpc) is 2.82. The first-order chi connectivity index (χ1) is 6.89. The molecule has 0 N–H and O–H groups in total. The molecule has 0 spiro atoms. The van der Waals surface area contributed by atoms with Crippen molar-refractivity contribution in [3.05, 3.63) is 24.3 Å². The number of benzene rings is 1. The standard InChI is InChI=1S/C10H11ClO3S/c1-10(6-7-10)14-8-2-4-9(5-3-8)15(11,12)13/h2-5H,6-7H2,1H3. The van der Waals surface area contributed by atoms with Crippen LogP contribution in [0, 0.1) is 0 Å². The summed E-state index contributed by atoms with van der Waals surface area (Å²) >= 11 is 0. The van der Waals surface area contributed by atoms with Crippen LogP contribution in [0.4, 0.5) is 0 Å². The highest BCUT2D eigenvalue weighted by Gasteiger charge is 2.39. The fourth-order valence-electron chi connectivity index (χ4n) is 1.23. The van der Waals surface area contributed by atoms with Crippen molar-refractivity contribution in [2.75, 3.05) is 0 Å². The summed E-state index contributed by atoms with van der Waals surface area (Å²) in [6.45, 7) is 2.03. The zero-order valence-electron chi connectivity index (χ0n) is 8.23. The number of hydrogen-bond acceptors (Lipinski definition) is 3. The van der Waals surface area contributed by atoms with Crippen molar-refractivity contribution in [3.8, 4) is 5.75 Å². The summed E-state index contributed by atoms with van der Waals surface area (Å²) in [6.07, 6.45) is 2.09. The molecule has 1 fully saturated rings. The number of ether oxygens (including phenoxy) is 1. The zero-order chi connectivity index (χ0) is 11.1.